The molecule has 0 aliphatic heterocycles. The highest BCUT2D eigenvalue weighted by Crippen LogP contribution is 2.13. The van der Waals surface area contributed by atoms with Crippen molar-refractivity contribution in [1.29, 1.82) is 0 Å². The van der Waals surface area contributed by atoms with Crippen LogP contribution in [-0.4, -0.2) is 23.4 Å². The summed E-state index contributed by atoms with van der Waals surface area (Å²) in [6, 6.07) is 18.6. The third-order valence-corrected chi connectivity index (χ3v) is 2.67. The maximum absolute atomic E-state index is 7.57. The maximum Gasteiger partial charge on any atom is 0.0402 e. The summed E-state index contributed by atoms with van der Waals surface area (Å²) in [7, 11) is 0. The van der Waals surface area contributed by atoms with Crippen LogP contribution in [0.2, 0.25) is 0 Å². The molecule has 0 atom stereocenters. The number of rotatable bonds is 2. The molecule has 2 aromatic carbocycles. The van der Waals surface area contributed by atoms with E-state index >= 15 is 0 Å². The summed E-state index contributed by atoms with van der Waals surface area (Å²) in [5.74, 6) is 0. The summed E-state index contributed by atoms with van der Waals surface area (Å²) in [5.41, 5.74) is 2.43. The molecule has 0 fully saturated rings. The van der Waals surface area contributed by atoms with Crippen molar-refractivity contribution in [2.24, 2.45) is 0 Å². The monoisotopic (exact) mass is 350 g/mol. The summed E-state index contributed by atoms with van der Waals surface area (Å²) in [5, 5.41) is 15.1. The molecule has 0 radical (unpaired) electrons. The molecule has 2 nitrogen and oxygen atoms in total. The lowest BCUT2D eigenvalue weighted by Crippen LogP contribution is -1.72. The molecule has 0 aliphatic carbocycles. The summed E-state index contributed by atoms with van der Waals surface area (Å²) < 4.78 is 1.11. The third-order valence-electron chi connectivity index (χ3n) is 2.14. The van der Waals surface area contributed by atoms with E-state index in [1.165, 1.54) is 11.1 Å². The predicted molar refractivity (Wildman–Crippen MR) is 95.0 cm³/mol. The van der Waals surface area contributed by atoms with E-state index in [0.717, 1.165) is 4.47 Å². The first-order chi connectivity index (χ1) is 10.2. The molecule has 0 aromatic heterocycles. The molecular formula is C18H23BrO2. The van der Waals surface area contributed by atoms with Gasteiger partial charge >= 0.3 is 0 Å². The summed E-state index contributed by atoms with van der Waals surface area (Å²) in [4.78, 5) is 0. The average molecular weight is 351 g/mol. The minimum Gasteiger partial charge on any atom is -0.397 e. The number of benzene rings is 2. The van der Waals surface area contributed by atoms with Crippen LogP contribution >= 0.6 is 15.9 Å². The van der Waals surface area contributed by atoms with Gasteiger partial charge in [0.05, 0.1) is 0 Å². The number of hydrogen-bond acceptors (Lipinski definition) is 2. The van der Waals surface area contributed by atoms with Gasteiger partial charge in [-0.15, -0.1) is 0 Å². The normalized spacial score (nSPS) is 9.38. The summed E-state index contributed by atoms with van der Waals surface area (Å²) in [6.45, 7) is 3.86. The van der Waals surface area contributed by atoms with Crippen LogP contribution in [-0.2, 0) is 0 Å². The summed E-state index contributed by atoms with van der Waals surface area (Å²) >= 11 is 3.42. The van der Waals surface area contributed by atoms with Crippen molar-refractivity contribution in [3.05, 3.63) is 70.2 Å². The molecule has 0 spiro atoms. The number of aliphatic hydroxyl groups is 2. The molecule has 0 heterocycles. The number of halogens is 1. The first-order valence-electron chi connectivity index (χ1n) is 6.88. The fourth-order valence-corrected chi connectivity index (χ4v) is 1.59. The molecule has 2 aromatic rings. The second-order valence-electron chi connectivity index (χ2n) is 3.93. The van der Waals surface area contributed by atoms with Crippen molar-refractivity contribution in [2.75, 3.05) is 13.2 Å². The topological polar surface area (TPSA) is 40.5 Å². The predicted octanol–water partition coefficient (Wildman–Crippen LogP) is 4.62. The van der Waals surface area contributed by atoms with E-state index in [-0.39, 0.29) is 13.2 Å². The highest BCUT2D eigenvalue weighted by atomic mass is 79.9. The van der Waals surface area contributed by atoms with Crippen LogP contribution < -0.4 is 0 Å². The Kier molecular flexibility index (Phi) is 12.6. The molecule has 0 saturated carbocycles. The molecule has 0 saturated heterocycles. The standard InChI is InChI=1S/C14H11Br.2C2H6O/c15-14-10-8-13(9-11-14)7-6-12-4-2-1-3-5-12;2*1-2-3/h1-11H;2*3H,2H2,1H3/b7-6+;;. The molecule has 0 aliphatic rings. The van der Waals surface area contributed by atoms with Gasteiger partial charge in [-0.25, -0.2) is 0 Å². The van der Waals surface area contributed by atoms with Crippen LogP contribution in [0.3, 0.4) is 0 Å². The van der Waals surface area contributed by atoms with E-state index in [1.54, 1.807) is 13.8 Å². The van der Waals surface area contributed by atoms with Gasteiger partial charge < -0.3 is 10.2 Å². The molecule has 0 bridgehead atoms. The Labute approximate surface area is 135 Å². The molecule has 0 amide bonds. The number of hydrogen-bond donors (Lipinski definition) is 2. The van der Waals surface area contributed by atoms with Crippen molar-refractivity contribution in [3.8, 4) is 0 Å². The molecule has 21 heavy (non-hydrogen) atoms. The zero-order valence-corrected chi connectivity index (χ0v) is 14.1. The van der Waals surface area contributed by atoms with E-state index in [4.69, 9.17) is 10.2 Å². The van der Waals surface area contributed by atoms with Gasteiger partial charge in [0.1, 0.15) is 0 Å². The Morgan fingerprint density at radius 1 is 0.762 bits per heavy atom. The van der Waals surface area contributed by atoms with Crippen molar-refractivity contribution in [3.63, 3.8) is 0 Å². The zero-order valence-electron chi connectivity index (χ0n) is 12.5. The SMILES string of the molecule is Brc1ccc(/C=C/c2ccccc2)cc1.CCO.CCO. The van der Waals surface area contributed by atoms with Gasteiger partial charge in [0.25, 0.3) is 0 Å². The quantitative estimate of drug-likeness (QED) is 0.776. The third kappa shape index (κ3) is 11.0. The van der Waals surface area contributed by atoms with Gasteiger partial charge in [0.15, 0.2) is 0 Å². The van der Waals surface area contributed by atoms with Crippen molar-refractivity contribution < 1.29 is 10.2 Å². The van der Waals surface area contributed by atoms with Gasteiger partial charge in [-0.1, -0.05) is 70.5 Å². The fourth-order valence-electron chi connectivity index (χ4n) is 1.33. The lowest BCUT2D eigenvalue weighted by atomic mass is 10.1. The Morgan fingerprint density at radius 2 is 1.14 bits per heavy atom. The number of aliphatic hydroxyl groups excluding tert-OH is 2. The van der Waals surface area contributed by atoms with Crippen LogP contribution in [0.5, 0.6) is 0 Å². The highest BCUT2D eigenvalue weighted by Gasteiger charge is 1.87. The molecule has 3 heteroatoms. The van der Waals surface area contributed by atoms with E-state index in [0.29, 0.717) is 0 Å². The van der Waals surface area contributed by atoms with Gasteiger partial charge in [-0.3, -0.25) is 0 Å². The Hall–Kier alpha value is -1.42. The average Bonchev–Trinajstić information content (AvgIpc) is 2.49. The largest absolute Gasteiger partial charge is 0.397 e. The van der Waals surface area contributed by atoms with Gasteiger partial charge in [0, 0.05) is 17.7 Å². The van der Waals surface area contributed by atoms with Crippen molar-refractivity contribution in [2.45, 2.75) is 13.8 Å². The maximum atomic E-state index is 7.57. The fraction of sp³-hybridized carbons (Fsp3) is 0.222. The zero-order chi connectivity index (χ0) is 15.9. The smallest absolute Gasteiger partial charge is 0.0402 e. The van der Waals surface area contributed by atoms with Crippen LogP contribution in [0.15, 0.2) is 59.1 Å². The van der Waals surface area contributed by atoms with Gasteiger partial charge in [-0.2, -0.15) is 0 Å². The van der Waals surface area contributed by atoms with E-state index in [9.17, 15) is 0 Å². The molecule has 2 N–H and O–H groups in total. The second kappa shape index (κ2) is 13.6. The van der Waals surface area contributed by atoms with E-state index < -0.39 is 0 Å². The Balaban J connectivity index is 0.000000578. The van der Waals surface area contributed by atoms with Crippen molar-refractivity contribution >= 4 is 28.1 Å². The lowest BCUT2D eigenvalue weighted by molar-refractivity contribution is 0.318. The Morgan fingerprint density at radius 3 is 1.57 bits per heavy atom. The van der Waals surface area contributed by atoms with Gasteiger partial charge in [0.2, 0.25) is 0 Å². The molecule has 0 unspecified atom stereocenters. The minimum absolute atomic E-state index is 0.250. The lowest BCUT2D eigenvalue weighted by Gasteiger charge is -1.94. The Bertz CT molecular complexity index is 476. The molecule has 2 rings (SSSR count). The van der Waals surface area contributed by atoms with Crippen LogP contribution in [0.25, 0.3) is 12.2 Å². The summed E-state index contributed by atoms with van der Waals surface area (Å²) in [6.07, 6.45) is 4.23. The minimum atomic E-state index is 0.250. The second-order valence-corrected chi connectivity index (χ2v) is 4.84. The molecular weight excluding hydrogens is 328 g/mol. The highest BCUT2D eigenvalue weighted by molar-refractivity contribution is 9.10. The van der Waals surface area contributed by atoms with Crippen LogP contribution in [0, 0.1) is 0 Å². The van der Waals surface area contributed by atoms with Gasteiger partial charge in [-0.05, 0) is 37.1 Å². The van der Waals surface area contributed by atoms with Crippen molar-refractivity contribution in [1.82, 2.24) is 0 Å². The van der Waals surface area contributed by atoms with E-state index in [2.05, 4.69) is 52.3 Å². The van der Waals surface area contributed by atoms with Crippen LogP contribution in [0.1, 0.15) is 25.0 Å². The first-order valence-corrected chi connectivity index (χ1v) is 7.67. The first kappa shape index (κ1) is 19.6. The van der Waals surface area contributed by atoms with E-state index in [1.807, 2.05) is 30.3 Å². The molecule has 114 valence electrons. The van der Waals surface area contributed by atoms with Crippen LogP contribution in [0.4, 0.5) is 0 Å².